The molecule has 1 atom stereocenters. The minimum absolute atomic E-state index is 0.00582. The van der Waals surface area contributed by atoms with Crippen molar-refractivity contribution >= 4 is 39.1 Å². The van der Waals surface area contributed by atoms with E-state index < -0.39 is 34.1 Å². The second-order valence-electron chi connectivity index (χ2n) is 12.1. The van der Waals surface area contributed by atoms with Gasteiger partial charge in [0.15, 0.2) is 0 Å². The highest BCUT2D eigenvalue weighted by Gasteiger charge is 2.35. The molecule has 10 heteroatoms. The number of aryl methyl sites for hydroxylation is 1. The summed E-state index contributed by atoms with van der Waals surface area (Å²) in [4.78, 5) is 30.1. The van der Waals surface area contributed by atoms with Crippen molar-refractivity contribution in [2.45, 2.75) is 57.1 Å². The lowest BCUT2D eigenvalue weighted by atomic mass is 10.0. The Morgan fingerprint density at radius 1 is 0.870 bits per heavy atom. The quantitative estimate of drug-likeness (QED) is 0.189. The fourth-order valence-corrected chi connectivity index (χ4v) is 6.75. The van der Waals surface area contributed by atoms with Crippen LogP contribution in [0, 0.1) is 6.92 Å². The predicted octanol–water partition coefficient (Wildman–Crippen LogP) is 6.41. The number of methoxy groups -OCH3 is 1. The van der Waals surface area contributed by atoms with Crippen LogP contribution in [0.4, 0.5) is 5.69 Å². The smallest absolute Gasteiger partial charge is 0.264 e. The highest BCUT2D eigenvalue weighted by Crippen LogP contribution is 2.32. The Labute approximate surface area is 277 Å². The first-order valence-electron chi connectivity index (χ1n) is 14.9. The second-order valence-corrected chi connectivity index (χ2v) is 14.4. The van der Waals surface area contributed by atoms with Crippen LogP contribution in [-0.2, 0) is 32.6 Å². The van der Waals surface area contributed by atoms with E-state index in [1.807, 2.05) is 82.3 Å². The molecule has 4 aromatic rings. The molecule has 0 aromatic heterocycles. The summed E-state index contributed by atoms with van der Waals surface area (Å²) in [5.74, 6) is -0.545. The van der Waals surface area contributed by atoms with Crippen LogP contribution < -0.4 is 14.4 Å². The summed E-state index contributed by atoms with van der Waals surface area (Å²) < 4.78 is 34.6. The molecule has 0 spiro atoms. The summed E-state index contributed by atoms with van der Waals surface area (Å²) in [7, 11) is -2.79. The summed E-state index contributed by atoms with van der Waals surface area (Å²) in [6.45, 7) is 7.07. The minimum atomic E-state index is -4.25. The van der Waals surface area contributed by atoms with Gasteiger partial charge in [0.25, 0.3) is 10.0 Å². The summed E-state index contributed by atoms with van der Waals surface area (Å²) in [5.41, 5.74) is 2.25. The van der Waals surface area contributed by atoms with Crippen LogP contribution in [-0.4, -0.2) is 50.4 Å². The molecule has 0 heterocycles. The molecular formula is C36H40ClN3O5S. The van der Waals surface area contributed by atoms with Crippen molar-refractivity contribution in [3.8, 4) is 5.75 Å². The highest BCUT2D eigenvalue weighted by molar-refractivity contribution is 7.92. The van der Waals surface area contributed by atoms with Gasteiger partial charge in [-0.2, -0.15) is 0 Å². The Morgan fingerprint density at radius 3 is 2.09 bits per heavy atom. The van der Waals surface area contributed by atoms with Crippen LogP contribution >= 0.6 is 11.6 Å². The van der Waals surface area contributed by atoms with E-state index in [1.165, 1.54) is 36.3 Å². The Morgan fingerprint density at radius 2 is 1.50 bits per heavy atom. The van der Waals surface area contributed by atoms with Crippen molar-refractivity contribution in [2.24, 2.45) is 0 Å². The number of hydrogen-bond donors (Lipinski definition) is 1. The number of benzene rings is 4. The first-order chi connectivity index (χ1) is 21.8. The Hall–Kier alpha value is -4.34. The topological polar surface area (TPSA) is 96.0 Å². The van der Waals surface area contributed by atoms with E-state index in [1.54, 1.807) is 24.3 Å². The van der Waals surface area contributed by atoms with E-state index in [4.69, 9.17) is 16.3 Å². The zero-order chi connectivity index (χ0) is 33.5. The van der Waals surface area contributed by atoms with Gasteiger partial charge in [0, 0.05) is 18.5 Å². The van der Waals surface area contributed by atoms with Gasteiger partial charge in [0.1, 0.15) is 18.3 Å². The van der Waals surface area contributed by atoms with E-state index in [0.29, 0.717) is 5.75 Å². The maximum atomic E-state index is 14.6. The van der Waals surface area contributed by atoms with Crippen molar-refractivity contribution in [3.05, 3.63) is 125 Å². The molecule has 0 fully saturated rings. The van der Waals surface area contributed by atoms with Gasteiger partial charge in [0.2, 0.25) is 11.8 Å². The van der Waals surface area contributed by atoms with Crippen molar-refractivity contribution in [2.75, 3.05) is 18.0 Å². The lowest BCUT2D eigenvalue weighted by molar-refractivity contribution is -0.140. The number of halogens is 1. The molecule has 4 aromatic carbocycles. The van der Waals surface area contributed by atoms with Crippen molar-refractivity contribution in [1.29, 1.82) is 0 Å². The molecule has 0 aliphatic carbocycles. The molecule has 46 heavy (non-hydrogen) atoms. The number of amides is 2. The Balaban J connectivity index is 1.84. The van der Waals surface area contributed by atoms with Crippen LogP contribution in [0.1, 0.15) is 37.5 Å². The molecular weight excluding hydrogens is 622 g/mol. The van der Waals surface area contributed by atoms with Gasteiger partial charge in [-0.1, -0.05) is 90.0 Å². The summed E-state index contributed by atoms with van der Waals surface area (Å²) in [5, 5.41) is 3.22. The van der Waals surface area contributed by atoms with Crippen LogP contribution in [0.3, 0.4) is 0 Å². The first kappa shape index (κ1) is 34.5. The zero-order valence-corrected chi connectivity index (χ0v) is 28.3. The number of sulfonamides is 1. The number of nitrogens with zero attached hydrogens (tertiary/aromatic N) is 2. The zero-order valence-electron chi connectivity index (χ0n) is 26.7. The SMILES string of the molecule is COc1ccc(N(CC(=O)N(Cc2cccc(C)c2)C(Cc2ccccc2)C(=O)NC(C)(C)C)S(=O)(=O)c2ccccc2)cc1Cl. The number of anilines is 1. The van der Waals surface area contributed by atoms with Crippen LogP contribution in [0.15, 0.2) is 108 Å². The number of nitrogens with one attached hydrogen (secondary N) is 1. The van der Waals surface area contributed by atoms with Gasteiger partial charge in [-0.3, -0.25) is 13.9 Å². The van der Waals surface area contributed by atoms with Crippen molar-refractivity contribution in [1.82, 2.24) is 10.2 Å². The molecule has 4 rings (SSSR count). The van der Waals surface area contributed by atoms with Gasteiger partial charge in [0.05, 0.1) is 22.7 Å². The van der Waals surface area contributed by atoms with E-state index in [2.05, 4.69) is 5.32 Å². The molecule has 0 saturated carbocycles. The summed E-state index contributed by atoms with van der Waals surface area (Å²) >= 11 is 6.44. The average molecular weight is 662 g/mol. The minimum Gasteiger partial charge on any atom is -0.495 e. The Bertz CT molecular complexity index is 1760. The van der Waals surface area contributed by atoms with Gasteiger partial charge >= 0.3 is 0 Å². The fraction of sp³-hybridized carbons (Fsp3) is 0.278. The third-order valence-electron chi connectivity index (χ3n) is 7.24. The van der Waals surface area contributed by atoms with Gasteiger partial charge < -0.3 is 15.0 Å². The van der Waals surface area contributed by atoms with E-state index in [0.717, 1.165) is 21.0 Å². The van der Waals surface area contributed by atoms with E-state index >= 15 is 0 Å². The van der Waals surface area contributed by atoms with Crippen LogP contribution in [0.2, 0.25) is 5.02 Å². The molecule has 0 bridgehead atoms. The molecule has 242 valence electrons. The number of hydrogen-bond acceptors (Lipinski definition) is 5. The first-order valence-corrected chi connectivity index (χ1v) is 16.7. The molecule has 1 unspecified atom stereocenters. The lowest BCUT2D eigenvalue weighted by Gasteiger charge is -2.35. The van der Waals surface area contributed by atoms with Gasteiger partial charge in [-0.25, -0.2) is 8.42 Å². The Kier molecular flexibility index (Phi) is 11.1. The van der Waals surface area contributed by atoms with Crippen LogP contribution in [0.25, 0.3) is 0 Å². The summed E-state index contributed by atoms with van der Waals surface area (Å²) in [6.07, 6.45) is 0.222. The largest absolute Gasteiger partial charge is 0.495 e. The molecule has 0 aliphatic rings. The molecule has 8 nitrogen and oxygen atoms in total. The molecule has 0 saturated heterocycles. The number of rotatable bonds is 12. The van der Waals surface area contributed by atoms with Crippen LogP contribution in [0.5, 0.6) is 5.75 Å². The maximum Gasteiger partial charge on any atom is 0.264 e. The van der Waals surface area contributed by atoms with E-state index in [-0.39, 0.29) is 34.5 Å². The third kappa shape index (κ3) is 8.89. The standard InChI is InChI=1S/C36H40ClN3O5S/c1-26-13-12-16-28(21-26)24-39(32(35(42)38-36(2,3)4)22-27-14-8-6-9-15-27)34(41)25-40(29-19-20-33(45-5)31(37)23-29)46(43,44)30-17-10-7-11-18-30/h6-21,23,32H,22,24-25H2,1-5H3,(H,38,42). The van der Waals surface area contributed by atoms with E-state index in [9.17, 15) is 18.0 Å². The van der Waals surface area contributed by atoms with Gasteiger partial charge in [-0.05, 0) is 69.2 Å². The number of ether oxygens (including phenoxy) is 1. The summed E-state index contributed by atoms with van der Waals surface area (Å²) in [6, 6.07) is 28.6. The molecule has 2 amide bonds. The number of carbonyl (C=O) groups is 2. The van der Waals surface area contributed by atoms with Crippen molar-refractivity contribution < 1.29 is 22.7 Å². The molecule has 1 N–H and O–H groups in total. The fourth-order valence-electron chi connectivity index (χ4n) is 5.07. The molecule has 0 radical (unpaired) electrons. The maximum absolute atomic E-state index is 14.6. The van der Waals surface area contributed by atoms with Gasteiger partial charge in [-0.15, -0.1) is 0 Å². The second kappa shape index (κ2) is 14.8. The van der Waals surface area contributed by atoms with Crippen molar-refractivity contribution in [3.63, 3.8) is 0 Å². The third-order valence-corrected chi connectivity index (χ3v) is 9.32. The normalized spacial score (nSPS) is 12.2. The average Bonchev–Trinajstić information content (AvgIpc) is 3.01. The lowest BCUT2D eigenvalue weighted by Crippen LogP contribution is -2.56. The predicted molar refractivity (Wildman–Crippen MR) is 183 cm³/mol. The molecule has 0 aliphatic heterocycles. The number of carbonyl (C=O) groups excluding carboxylic acids is 2. The monoisotopic (exact) mass is 661 g/mol. The highest BCUT2D eigenvalue weighted by atomic mass is 35.5.